The maximum Gasteiger partial charge on any atom is 0.123 e. The van der Waals surface area contributed by atoms with Crippen LogP contribution in [0.1, 0.15) is 57.1 Å². The second kappa shape index (κ2) is 7.09. The van der Waals surface area contributed by atoms with Gasteiger partial charge in [0.1, 0.15) is 34.5 Å². The Kier molecular flexibility index (Phi) is 4.23. The molecule has 6 heteroatoms. The van der Waals surface area contributed by atoms with E-state index in [4.69, 9.17) is 0 Å². The highest BCUT2D eigenvalue weighted by Crippen LogP contribution is 2.69. The molecule has 2 aliphatic carbocycles. The van der Waals surface area contributed by atoms with Crippen LogP contribution in [-0.4, -0.2) is 30.6 Å². The minimum absolute atomic E-state index is 0.0298. The summed E-state index contributed by atoms with van der Waals surface area (Å²) in [4.78, 5) is 0. The number of hydrogen-bond acceptors (Lipinski definition) is 6. The fraction of sp³-hybridized carbons (Fsp3) is 0.143. The average Bonchev–Trinajstić information content (AvgIpc) is 3.29. The maximum atomic E-state index is 11.0. The predicted octanol–water partition coefficient (Wildman–Crippen LogP) is 5.08. The molecular weight excluding hydrogens is 432 g/mol. The summed E-state index contributed by atoms with van der Waals surface area (Å²) in [6, 6.07) is 19.5. The van der Waals surface area contributed by atoms with Gasteiger partial charge in [-0.15, -0.1) is 0 Å². The molecule has 1 unspecified atom stereocenters. The van der Waals surface area contributed by atoms with Gasteiger partial charge in [-0.05, 0) is 58.7 Å². The van der Waals surface area contributed by atoms with Gasteiger partial charge in [0.2, 0.25) is 0 Å². The van der Waals surface area contributed by atoms with E-state index in [-0.39, 0.29) is 58.2 Å². The Balaban J connectivity index is 1.67. The SMILES string of the molecule is Oc1ccc([C@@H]2c3c(O)cc(O)cc3[C@@H]3C2c2cc(O)cc(O)c2[C@H]3c2ccc(O)cc2)cc1. The number of fused-ring (bicyclic) bond motifs is 5. The van der Waals surface area contributed by atoms with Crippen molar-refractivity contribution in [1.29, 1.82) is 0 Å². The van der Waals surface area contributed by atoms with Crippen molar-refractivity contribution in [3.8, 4) is 34.5 Å². The molecule has 0 heterocycles. The lowest BCUT2D eigenvalue weighted by Gasteiger charge is -2.23. The van der Waals surface area contributed by atoms with Gasteiger partial charge in [-0.2, -0.15) is 0 Å². The van der Waals surface area contributed by atoms with Crippen molar-refractivity contribution >= 4 is 0 Å². The van der Waals surface area contributed by atoms with Crippen molar-refractivity contribution in [3.63, 3.8) is 0 Å². The fourth-order valence-electron chi connectivity index (χ4n) is 6.15. The normalized spacial score (nSPS) is 22.2. The van der Waals surface area contributed by atoms with E-state index in [2.05, 4.69) is 0 Å². The molecule has 0 bridgehead atoms. The Hall–Kier alpha value is -4.32. The highest BCUT2D eigenvalue weighted by atomic mass is 16.3. The molecule has 34 heavy (non-hydrogen) atoms. The van der Waals surface area contributed by atoms with Crippen LogP contribution in [0.2, 0.25) is 0 Å². The number of phenolic OH excluding ortho intramolecular Hbond substituents is 6. The second-order valence-corrected chi connectivity index (χ2v) is 9.13. The van der Waals surface area contributed by atoms with E-state index in [1.165, 1.54) is 12.1 Å². The highest BCUT2D eigenvalue weighted by Gasteiger charge is 2.54. The molecule has 170 valence electrons. The molecule has 0 radical (unpaired) electrons. The smallest absolute Gasteiger partial charge is 0.123 e. The molecule has 0 saturated heterocycles. The largest absolute Gasteiger partial charge is 0.508 e. The van der Waals surface area contributed by atoms with Gasteiger partial charge < -0.3 is 30.6 Å². The van der Waals surface area contributed by atoms with Crippen molar-refractivity contribution in [2.45, 2.75) is 23.7 Å². The third kappa shape index (κ3) is 2.81. The van der Waals surface area contributed by atoms with Gasteiger partial charge in [-0.3, -0.25) is 0 Å². The van der Waals surface area contributed by atoms with Gasteiger partial charge in [-0.25, -0.2) is 0 Å². The summed E-state index contributed by atoms with van der Waals surface area (Å²) < 4.78 is 0. The number of phenols is 6. The van der Waals surface area contributed by atoms with E-state index in [0.717, 1.165) is 22.3 Å². The van der Waals surface area contributed by atoms with Gasteiger partial charge >= 0.3 is 0 Å². The summed E-state index contributed by atoms with van der Waals surface area (Å²) >= 11 is 0. The first-order valence-corrected chi connectivity index (χ1v) is 11.0. The van der Waals surface area contributed by atoms with E-state index in [1.54, 1.807) is 60.7 Å². The quantitative estimate of drug-likeness (QED) is 0.251. The monoisotopic (exact) mass is 454 g/mol. The molecule has 0 amide bonds. The van der Waals surface area contributed by atoms with E-state index < -0.39 is 0 Å². The Morgan fingerprint density at radius 1 is 0.412 bits per heavy atom. The summed E-state index contributed by atoms with van der Waals surface area (Å²) in [6.45, 7) is 0. The molecule has 4 atom stereocenters. The third-order valence-electron chi connectivity index (χ3n) is 7.30. The van der Waals surface area contributed by atoms with E-state index in [1.807, 2.05) is 0 Å². The zero-order chi connectivity index (χ0) is 23.7. The van der Waals surface area contributed by atoms with Crippen LogP contribution in [0.25, 0.3) is 0 Å². The number of aromatic hydroxyl groups is 6. The Labute approximate surface area is 195 Å². The van der Waals surface area contributed by atoms with Crippen molar-refractivity contribution in [2.24, 2.45) is 0 Å². The summed E-state index contributed by atoms with van der Waals surface area (Å²) in [5.41, 5.74) is 4.58. The van der Waals surface area contributed by atoms with Gasteiger partial charge in [0, 0.05) is 46.9 Å². The van der Waals surface area contributed by atoms with Crippen LogP contribution in [0.15, 0.2) is 72.8 Å². The van der Waals surface area contributed by atoms with Crippen LogP contribution in [0, 0.1) is 0 Å². The van der Waals surface area contributed by atoms with Gasteiger partial charge in [0.25, 0.3) is 0 Å². The minimum atomic E-state index is -0.344. The highest BCUT2D eigenvalue weighted by molar-refractivity contribution is 5.68. The lowest BCUT2D eigenvalue weighted by Crippen LogP contribution is -2.10. The van der Waals surface area contributed by atoms with Gasteiger partial charge in [0.15, 0.2) is 0 Å². The van der Waals surface area contributed by atoms with Crippen molar-refractivity contribution in [2.75, 3.05) is 0 Å². The van der Waals surface area contributed by atoms with Crippen LogP contribution < -0.4 is 0 Å². The molecule has 2 aliphatic rings. The summed E-state index contributed by atoms with van der Waals surface area (Å²) in [5.74, 6) is -1.15. The third-order valence-corrected chi connectivity index (χ3v) is 7.30. The fourth-order valence-corrected chi connectivity index (χ4v) is 6.15. The standard InChI is InChI=1S/C28H22O6/c29-15-5-1-13(2-6-15)23-25-19(9-17(31)11-21(25)33)28-24(14-3-7-16(30)8-4-14)26-20(27(23)28)10-18(32)12-22(26)34/h1-12,23-24,27-34H/t23-,24-,27+,28?/m1/s1. The van der Waals surface area contributed by atoms with Gasteiger partial charge in [0.05, 0.1) is 0 Å². The summed E-state index contributed by atoms with van der Waals surface area (Å²) in [5, 5.41) is 62.4. The number of benzene rings is 4. The van der Waals surface area contributed by atoms with Crippen LogP contribution in [-0.2, 0) is 0 Å². The minimum Gasteiger partial charge on any atom is -0.508 e. The second-order valence-electron chi connectivity index (χ2n) is 9.13. The van der Waals surface area contributed by atoms with E-state index in [0.29, 0.717) is 11.1 Å². The number of rotatable bonds is 2. The summed E-state index contributed by atoms with van der Waals surface area (Å²) in [7, 11) is 0. The predicted molar refractivity (Wildman–Crippen MR) is 125 cm³/mol. The molecule has 0 saturated carbocycles. The van der Waals surface area contributed by atoms with Crippen LogP contribution in [0.4, 0.5) is 0 Å². The first kappa shape index (κ1) is 20.3. The topological polar surface area (TPSA) is 121 Å². The van der Waals surface area contributed by atoms with Crippen molar-refractivity contribution in [3.05, 3.63) is 106 Å². The lowest BCUT2D eigenvalue weighted by molar-refractivity contribution is 0.443. The number of hydrogen-bond donors (Lipinski definition) is 6. The maximum absolute atomic E-state index is 11.0. The van der Waals surface area contributed by atoms with E-state index >= 15 is 0 Å². The molecule has 6 nitrogen and oxygen atoms in total. The molecule has 6 rings (SSSR count). The Bertz CT molecular complexity index is 1310. The zero-order valence-electron chi connectivity index (χ0n) is 17.9. The van der Waals surface area contributed by atoms with E-state index in [9.17, 15) is 30.6 Å². The molecule has 6 N–H and O–H groups in total. The van der Waals surface area contributed by atoms with Crippen molar-refractivity contribution < 1.29 is 30.6 Å². The van der Waals surface area contributed by atoms with Crippen LogP contribution in [0.5, 0.6) is 34.5 Å². The molecule has 4 aromatic rings. The van der Waals surface area contributed by atoms with Gasteiger partial charge in [-0.1, -0.05) is 24.3 Å². The summed E-state index contributed by atoms with van der Waals surface area (Å²) in [6.07, 6.45) is 0. The first-order valence-electron chi connectivity index (χ1n) is 11.0. The molecule has 0 aliphatic heterocycles. The Morgan fingerprint density at radius 2 is 0.765 bits per heavy atom. The molecule has 0 spiro atoms. The average molecular weight is 454 g/mol. The van der Waals surface area contributed by atoms with Crippen LogP contribution in [0.3, 0.4) is 0 Å². The zero-order valence-corrected chi connectivity index (χ0v) is 17.9. The van der Waals surface area contributed by atoms with Crippen molar-refractivity contribution in [1.82, 2.24) is 0 Å². The molecule has 0 aromatic heterocycles. The van der Waals surface area contributed by atoms with Crippen LogP contribution >= 0.6 is 0 Å². The Morgan fingerprint density at radius 3 is 1.12 bits per heavy atom. The molecule has 4 aromatic carbocycles. The first-order chi connectivity index (χ1) is 16.3. The molecule has 0 fully saturated rings. The molecular formula is C28H22O6. The lowest BCUT2D eigenvalue weighted by atomic mass is 9.79.